The van der Waals surface area contributed by atoms with Crippen molar-refractivity contribution >= 4 is 40.3 Å². The summed E-state index contributed by atoms with van der Waals surface area (Å²) in [5, 5.41) is 0. The van der Waals surface area contributed by atoms with Gasteiger partial charge in [-0.2, -0.15) is 0 Å². The van der Waals surface area contributed by atoms with Gasteiger partial charge in [-0.25, -0.2) is 0 Å². The van der Waals surface area contributed by atoms with E-state index in [1.54, 1.807) is 4.90 Å². The number of thiocarbonyl (C=S) groups is 1. The highest BCUT2D eigenvalue weighted by atomic mass is 32.2. The molecule has 2 aliphatic rings. The Morgan fingerprint density at radius 2 is 1.97 bits per heavy atom. The topological polar surface area (TPSA) is 20.3 Å². The quantitative estimate of drug-likeness (QED) is 0.298. The molecule has 168 valence electrons. The molecular weight excluding hydrogens is 430 g/mol. The molecule has 2 aromatic carbocycles. The molecule has 0 radical (unpaired) electrons. The first-order valence-corrected chi connectivity index (χ1v) is 13.2. The van der Waals surface area contributed by atoms with Gasteiger partial charge in [0.05, 0.1) is 4.91 Å². The molecule has 2 fully saturated rings. The average molecular weight is 464 g/mol. The van der Waals surface area contributed by atoms with Crippen molar-refractivity contribution < 1.29 is 4.79 Å². The number of unbranched alkanes of at least 4 members (excludes halogenated alkanes) is 1. The van der Waals surface area contributed by atoms with E-state index in [2.05, 4.69) is 62.4 Å². The summed E-state index contributed by atoms with van der Waals surface area (Å²) in [5.41, 5.74) is 5.40. The molecule has 2 unspecified atom stereocenters. The molecule has 2 aromatic rings. The molecule has 2 nitrogen and oxygen atoms in total. The van der Waals surface area contributed by atoms with Gasteiger partial charge in [-0.1, -0.05) is 92.3 Å². The van der Waals surface area contributed by atoms with E-state index in [0.717, 1.165) is 42.2 Å². The Morgan fingerprint density at radius 1 is 1.16 bits per heavy atom. The highest BCUT2D eigenvalue weighted by molar-refractivity contribution is 8.26. The smallest absolute Gasteiger partial charge is 0.266 e. The minimum atomic E-state index is 0.0668. The lowest BCUT2D eigenvalue weighted by atomic mass is 9.82. The second kappa shape index (κ2) is 10.8. The molecule has 1 saturated carbocycles. The minimum absolute atomic E-state index is 0.0668. The normalized spacial score (nSPS) is 22.3. The van der Waals surface area contributed by atoms with E-state index in [9.17, 15) is 4.79 Å². The molecule has 1 amide bonds. The molecule has 0 N–H and O–H groups in total. The van der Waals surface area contributed by atoms with Gasteiger partial charge in [0.25, 0.3) is 5.91 Å². The molecule has 1 saturated heterocycles. The van der Waals surface area contributed by atoms with Crippen LogP contribution in [0.3, 0.4) is 0 Å². The van der Waals surface area contributed by atoms with Crippen LogP contribution in [0.15, 0.2) is 53.4 Å². The first-order chi connectivity index (χ1) is 15.6. The Balaban J connectivity index is 1.50. The highest BCUT2D eigenvalue weighted by Gasteiger charge is 2.32. The van der Waals surface area contributed by atoms with Crippen molar-refractivity contribution in [1.82, 2.24) is 4.90 Å². The van der Waals surface area contributed by atoms with Crippen molar-refractivity contribution in [1.29, 1.82) is 0 Å². The number of hydrogen-bond acceptors (Lipinski definition) is 3. The van der Waals surface area contributed by atoms with Gasteiger partial charge in [0.2, 0.25) is 0 Å². The average Bonchev–Trinajstić information content (AvgIpc) is 3.37. The standard InChI is InChI=1S/C28H33NOS2/c1-3-4-17-29-27(30)26(32-28(29)31)19-22-14-13-20(2)25(18-22)24-12-8-11-23(24)16-15-21-9-6-5-7-10-21/h5-7,9-10,13-14,18-19,23-24H,3-4,8,11-12,15-17H2,1-2H3. The molecule has 0 aromatic heterocycles. The summed E-state index contributed by atoms with van der Waals surface area (Å²) in [4.78, 5) is 15.4. The zero-order valence-corrected chi connectivity index (χ0v) is 20.8. The molecule has 4 rings (SSSR count). The molecule has 0 spiro atoms. The largest absolute Gasteiger partial charge is 0.293 e. The number of amides is 1. The molecule has 32 heavy (non-hydrogen) atoms. The van der Waals surface area contributed by atoms with Crippen LogP contribution >= 0.6 is 24.0 Å². The van der Waals surface area contributed by atoms with Crippen LogP contribution in [-0.2, 0) is 11.2 Å². The monoisotopic (exact) mass is 463 g/mol. The fraction of sp³-hybridized carbons (Fsp3) is 0.429. The predicted molar refractivity (Wildman–Crippen MR) is 141 cm³/mol. The number of hydrogen-bond donors (Lipinski definition) is 0. The van der Waals surface area contributed by atoms with E-state index in [4.69, 9.17) is 12.2 Å². The maximum atomic E-state index is 12.9. The van der Waals surface area contributed by atoms with Crippen LogP contribution in [0.25, 0.3) is 6.08 Å². The first-order valence-electron chi connectivity index (χ1n) is 12.0. The number of thioether (sulfide) groups is 1. The number of benzene rings is 2. The van der Waals surface area contributed by atoms with Gasteiger partial charge in [0, 0.05) is 6.54 Å². The van der Waals surface area contributed by atoms with Crippen LogP contribution in [0.2, 0.25) is 0 Å². The van der Waals surface area contributed by atoms with Crippen LogP contribution in [0.4, 0.5) is 0 Å². The summed E-state index contributed by atoms with van der Waals surface area (Å²) in [6, 6.07) is 17.6. The maximum Gasteiger partial charge on any atom is 0.266 e. The van der Waals surface area contributed by atoms with Gasteiger partial charge in [0.1, 0.15) is 4.32 Å². The molecule has 0 bridgehead atoms. The summed E-state index contributed by atoms with van der Waals surface area (Å²) < 4.78 is 0.693. The molecular formula is C28H33NOS2. The van der Waals surface area contributed by atoms with E-state index < -0.39 is 0 Å². The second-order valence-corrected chi connectivity index (χ2v) is 10.8. The molecule has 1 heterocycles. The van der Waals surface area contributed by atoms with Crippen molar-refractivity contribution in [3.05, 3.63) is 75.7 Å². The Kier molecular flexibility index (Phi) is 7.85. The number of carbonyl (C=O) groups is 1. The Labute approximate surface area is 202 Å². The van der Waals surface area contributed by atoms with Crippen LogP contribution in [0.1, 0.15) is 73.6 Å². The van der Waals surface area contributed by atoms with E-state index in [0.29, 0.717) is 10.2 Å². The van der Waals surface area contributed by atoms with E-state index >= 15 is 0 Å². The Bertz CT molecular complexity index is 998. The van der Waals surface area contributed by atoms with Crippen LogP contribution in [0, 0.1) is 12.8 Å². The zero-order valence-electron chi connectivity index (χ0n) is 19.2. The van der Waals surface area contributed by atoms with Crippen LogP contribution < -0.4 is 0 Å². The Hall–Kier alpha value is -1.91. The summed E-state index contributed by atoms with van der Waals surface area (Å²) in [5.74, 6) is 1.42. The van der Waals surface area contributed by atoms with Gasteiger partial charge in [0.15, 0.2) is 0 Å². The third-order valence-corrected chi connectivity index (χ3v) is 8.29. The highest BCUT2D eigenvalue weighted by Crippen LogP contribution is 2.43. The van der Waals surface area contributed by atoms with E-state index in [1.165, 1.54) is 54.1 Å². The number of carbonyl (C=O) groups excluding carboxylic acids is 1. The second-order valence-electron chi connectivity index (χ2n) is 9.12. The summed E-state index contributed by atoms with van der Waals surface area (Å²) in [6.07, 6.45) is 10.4. The van der Waals surface area contributed by atoms with Crippen molar-refractivity contribution in [3.63, 3.8) is 0 Å². The molecule has 4 heteroatoms. The third-order valence-electron chi connectivity index (χ3n) is 6.92. The maximum absolute atomic E-state index is 12.9. The van der Waals surface area contributed by atoms with Crippen LogP contribution in [-0.4, -0.2) is 21.7 Å². The molecule has 1 aliphatic carbocycles. The van der Waals surface area contributed by atoms with Gasteiger partial charge < -0.3 is 0 Å². The summed E-state index contributed by atoms with van der Waals surface area (Å²) >= 11 is 6.91. The number of rotatable bonds is 8. The van der Waals surface area contributed by atoms with Gasteiger partial charge in [-0.3, -0.25) is 9.69 Å². The van der Waals surface area contributed by atoms with E-state index in [-0.39, 0.29) is 5.91 Å². The fourth-order valence-corrected chi connectivity index (χ4v) is 6.41. The van der Waals surface area contributed by atoms with Crippen LogP contribution in [0.5, 0.6) is 0 Å². The minimum Gasteiger partial charge on any atom is -0.293 e. The predicted octanol–water partition coefficient (Wildman–Crippen LogP) is 7.51. The SMILES string of the molecule is CCCCN1C(=O)C(=Cc2ccc(C)c(C3CCCC3CCc3ccccc3)c2)SC1=S. The van der Waals surface area contributed by atoms with Gasteiger partial charge in [-0.05, 0) is 79.2 Å². The zero-order chi connectivity index (χ0) is 22.5. The van der Waals surface area contributed by atoms with Crippen molar-refractivity contribution in [3.8, 4) is 0 Å². The summed E-state index contributed by atoms with van der Waals surface area (Å²) in [6.45, 7) is 5.09. The van der Waals surface area contributed by atoms with Crippen molar-refractivity contribution in [2.75, 3.05) is 6.54 Å². The lowest BCUT2D eigenvalue weighted by Crippen LogP contribution is -2.28. The van der Waals surface area contributed by atoms with E-state index in [1.807, 2.05) is 6.08 Å². The van der Waals surface area contributed by atoms with Crippen molar-refractivity contribution in [2.45, 2.75) is 64.7 Å². The van der Waals surface area contributed by atoms with Crippen molar-refractivity contribution in [2.24, 2.45) is 5.92 Å². The third kappa shape index (κ3) is 5.35. The molecule has 2 atom stereocenters. The first kappa shape index (κ1) is 23.3. The number of aryl methyl sites for hydroxylation is 2. The lowest BCUT2D eigenvalue weighted by molar-refractivity contribution is -0.122. The number of nitrogens with zero attached hydrogens (tertiary/aromatic N) is 1. The lowest BCUT2D eigenvalue weighted by Gasteiger charge is -2.22. The Morgan fingerprint density at radius 3 is 2.75 bits per heavy atom. The summed E-state index contributed by atoms with van der Waals surface area (Å²) in [7, 11) is 0. The van der Waals surface area contributed by atoms with Gasteiger partial charge >= 0.3 is 0 Å². The fourth-order valence-electron chi connectivity index (χ4n) is 5.10. The van der Waals surface area contributed by atoms with Gasteiger partial charge in [-0.15, -0.1) is 0 Å². The molecule has 1 aliphatic heterocycles.